The van der Waals surface area contributed by atoms with Crippen LogP contribution in [0.4, 0.5) is 5.69 Å². The van der Waals surface area contributed by atoms with Crippen LogP contribution >= 0.6 is 0 Å². The van der Waals surface area contributed by atoms with E-state index in [1.54, 1.807) is 19.0 Å². The van der Waals surface area contributed by atoms with Gasteiger partial charge in [-0.15, -0.1) is 0 Å². The number of nitro benzene ring substituents is 1. The zero-order chi connectivity index (χ0) is 13.3. The summed E-state index contributed by atoms with van der Waals surface area (Å²) < 4.78 is 5.37. The molecule has 0 aliphatic heterocycles. The molecule has 94 valence electrons. The molecule has 0 radical (unpaired) electrons. The van der Waals surface area contributed by atoms with E-state index in [9.17, 15) is 14.9 Å². The molecule has 2 aromatic rings. The van der Waals surface area contributed by atoms with Crippen LogP contribution in [-0.2, 0) is 0 Å². The first-order chi connectivity index (χ1) is 8.47. The molecule has 0 atom stereocenters. The molecule has 0 fully saturated rings. The number of furan rings is 1. The van der Waals surface area contributed by atoms with Crippen molar-refractivity contribution in [3.05, 3.63) is 40.1 Å². The summed E-state index contributed by atoms with van der Waals surface area (Å²) in [7, 11) is 3.57. The van der Waals surface area contributed by atoms with Gasteiger partial charge in [0.1, 0.15) is 5.58 Å². The molecule has 1 heterocycles. The highest BCUT2D eigenvalue weighted by molar-refractivity contribution is 5.99. The Morgan fingerprint density at radius 3 is 2.72 bits per heavy atom. The lowest BCUT2D eigenvalue weighted by Gasteiger charge is -2.05. The topological polar surface area (TPSA) is 76.6 Å². The smallest absolute Gasteiger partial charge is 0.270 e. The van der Waals surface area contributed by atoms with E-state index in [2.05, 4.69) is 0 Å². The van der Waals surface area contributed by atoms with E-state index in [4.69, 9.17) is 4.42 Å². The number of benzene rings is 1. The average Bonchev–Trinajstić information content (AvgIpc) is 2.70. The maximum absolute atomic E-state index is 11.8. The van der Waals surface area contributed by atoms with E-state index in [0.717, 1.165) is 0 Å². The van der Waals surface area contributed by atoms with Gasteiger partial charge in [0, 0.05) is 17.5 Å². The second kappa shape index (κ2) is 4.58. The lowest BCUT2D eigenvalue weighted by molar-refractivity contribution is -0.384. The molecule has 0 amide bonds. The van der Waals surface area contributed by atoms with Crippen molar-refractivity contribution in [1.29, 1.82) is 0 Å². The first-order valence-corrected chi connectivity index (χ1v) is 5.33. The standard InChI is InChI=1S/C12H12N2O4/c1-13(2)7-10(15)12-6-8-5-9(14(16)17)3-4-11(8)18-12/h3-6H,7H2,1-2H3. The van der Waals surface area contributed by atoms with Gasteiger partial charge in [0.05, 0.1) is 11.5 Å². The van der Waals surface area contributed by atoms with Crippen molar-refractivity contribution in [2.45, 2.75) is 0 Å². The van der Waals surface area contributed by atoms with E-state index in [1.165, 1.54) is 24.3 Å². The first kappa shape index (κ1) is 12.3. The Labute approximate surface area is 103 Å². The molecule has 0 aliphatic rings. The van der Waals surface area contributed by atoms with E-state index in [1.807, 2.05) is 0 Å². The normalized spacial score (nSPS) is 11.1. The van der Waals surface area contributed by atoms with Gasteiger partial charge in [0.25, 0.3) is 5.69 Å². The molecular weight excluding hydrogens is 236 g/mol. The Bertz CT molecular complexity index is 616. The van der Waals surface area contributed by atoms with Crippen LogP contribution in [0.15, 0.2) is 28.7 Å². The predicted octanol–water partition coefficient (Wildman–Crippen LogP) is 2.09. The second-order valence-corrected chi connectivity index (χ2v) is 4.25. The summed E-state index contributed by atoms with van der Waals surface area (Å²) >= 11 is 0. The van der Waals surface area contributed by atoms with Crippen LogP contribution in [0.1, 0.15) is 10.6 Å². The Morgan fingerprint density at radius 1 is 1.39 bits per heavy atom. The van der Waals surface area contributed by atoms with E-state index in [-0.39, 0.29) is 23.8 Å². The third-order valence-electron chi connectivity index (χ3n) is 2.45. The fourth-order valence-corrected chi connectivity index (χ4v) is 1.65. The van der Waals surface area contributed by atoms with Crippen LogP contribution in [0.25, 0.3) is 11.0 Å². The van der Waals surface area contributed by atoms with Crippen LogP contribution in [0.2, 0.25) is 0 Å². The largest absolute Gasteiger partial charge is 0.453 e. The highest BCUT2D eigenvalue weighted by atomic mass is 16.6. The SMILES string of the molecule is CN(C)CC(=O)c1cc2cc([N+](=O)[O-])ccc2o1. The quantitative estimate of drug-likeness (QED) is 0.470. The Hall–Kier alpha value is -2.21. The number of rotatable bonds is 4. The first-order valence-electron chi connectivity index (χ1n) is 5.33. The van der Waals surface area contributed by atoms with Crippen molar-refractivity contribution >= 4 is 22.4 Å². The van der Waals surface area contributed by atoms with Gasteiger partial charge in [-0.3, -0.25) is 14.9 Å². The van der Waals surface area contributed by atoms with Crippen molar-refractivity contribution in [3.8, 4) is 0 Å². The van der Waals surface area contributed by atoms with E-state index >= 15 is 0 Å². The fourth-order valence-electron chi connectivity index (χ4n) is 1.65. The molecule has 0 spiro atoms. The summed E-state index contributed by atoms with van der Waals surface area (Å²) in [5.74, 6) is 0.0676. The monoisotopic (exact) mass is 248 g/mol. The van der Waals surface area contributed by atoms with Gasteiger partial charge in [-0.05, 0) is 26.2 Å². The molecule has 1 aromatic heterocycles. The molecule has 0 saturated heterocycles. The van der Waals surface area contributed by atoms with Crippen molar-refractivity contribution in [1.82, 2.24) is 4.90 Å². The van der Waals surface area contributed by atoms with Gasteiger partial charge in [-0.1, -0.05) is 0 Å². The molecule has 0 saturated carbocycles. The van der Waals surface area contributed by atoms with Gasteiger partial charge in [0.2, 0.25) is 5.78 Å². The summed E-state index contributed by atoms with van der Waals surface area (Å²) in [6.45, 7) is 0.238. The Kier molecular flexibility index (Phi) is 3.12. The zero-order valence-corrected chi connectivity index (χ0v) is 10.0. The Morgan fingerprint density at radius 2 is 2.11 bits per heavy atom. The predicted molar refractivity (Wildman–Crippen MR) is 65.8 cm³/mol. The lowest BCUT2D eigenvalue weighted by Crippen LogP contribution is -2.21. The molecule has 6 nitrogen and oxygen atoms in total. The number of likely N-dealkylation sites (N-methyl/N-ethyl adjacent to an activating group) is 1. The van der Waals surface area contributed by atoms with Gasteiger partial charge in [-0.25, -0.2) is 0 Å². The van der Waals surface area contributed by atoms with Gasteiger partial charge in [-0.2, -0.15) is 0 Å². The van der Waals surface area contributed by atoms with Crippen LogP contribution in [0.5, 0.6) is 0 Å². The molecule has 0 bridgehead atoms. The fraction of sp³-hybridized carbons (Fsp3) is 0.250. The number of non-ortho nitro benzene ring substituents is 1. The zero-order valence-electron chi connectivity index (χ0n) is 10.0. The second-order valence-electron chi connectivity index (χ2n) is 4.25. The van der Waals surface area contributed by atoms with Crippen molar-refractivity contribution in [2.75, 3.05) is 20.6 Å². The molecule has 0 N–H and O–H groups in total. The lowest BCUT2D eigenvalue weighted by atomic mass is 10.2. The number of Topliss-reactive ketones (excluding diaryl/α,β-unsaturated/α-hetero) is 1. The van der Waals surface area contributed by atoms with E-state index < -0.39 is 4.92 Å². The maximum atomic E-state index is 11.8. The molecule has 18 heavy (non-hydrogen) atoms. The summed E-state index contributed by atoms with van der Waals surface area (Å²) in [6.07, 6.45) is 0. The van der Waals surface area contributed by atoms with Crippen LogP contribution in [0.3, 0.4) is 0 Å². The number of nitro groups is 1. The van der Waals surface area contributed by atoms with Crippen molar-refractivity contribution < 1.29 is 14.1 Å². The molecular formula is C12H12N2O4. The van der Waals surface area contributed by atoms with Crippen LogP contribution < -0.4 is 0 Å². The van der Waals surface area contributed by atoms with Crippen molar-refractivity contribution in [2.24, 2.45) is 0 Å². The summed E-state index contributed by atoms with van der Waals surface area (Å²) in [4.78, 5) is 23.7. The number of carbonyl (C=O) groups is 1. The highest BCUT2D eigenvalue weighted by Crippen LogP contribution is 2.24. The number of carbonyl (C=O) groups excluding carboxylic acids is 1. The van der Waals surface area contributed by atoms with Crippen molar-refractivity contribution in [3.63, 3.8) is 0 Å². The minimum Gasteiger partial charge on any atom is -0.453 e. The van der Waals surface area contributed by atoms with Crippen LogP contribution in [0, 0.1) is 10.1 Å². The van der Waals surface area contributed by atoms with Gasteiger partial charge < -0.3 is 9.32 Å². The minimum absolute atomic E-state index is 0.0186. The van der Waals surface area contributed by atoms with Gasteiger partial charge >= 0.3 is 0 Å². The molecule has 1 aromatic carbocycles. The summed E-state index contributed by atoms with van der Waals surface area (Å²) in [5.41, 5.74) is 0.456. The Balaban J connectivity index is 2.38. The minimum atomic E-state index is -0.478. The highest BCUT2D eigenvalue weighted by Gasteiger charge is 2.15. The number of ketones is 1. The summed E-state index contributed by atoms with van der Waals surface area (Å²) in [5, 5.41) is 11.2. The molecule has 2 rings (SSSR count). The maximum Gasteiger partial charge on any atom is 0.270 e. The number of nitrogens with zero attached hydrogens (tertiary/aromatic N) is 2. The average molecular weight is 248 g/mol. The van der Waals surface area contributed by atoms with E-state index in [0.29, 0.717) is 11.0 Å². The molecule has 0 unspecified atom stereocenters. The number of hydrogen-bond donors (Lipinski definition) is 0. The third kappa shape index (κ3) is 2.38. The van der Waals surface area contributed by atoms with Crippen LogP contribution in [-0.4, -0.2) is 36.2 Å². The third-order valence-corrected chi connectivity index (χ3v) is 2.45. The molecule has 6 heteroatoms. The number of fused-ring (bicyclic) bond motifs is 1. The number of hydrogen-bond acceptors (Lipinski definition) is 5. The summed E-state index contributed by atoms with van der Waals surface area (Å²) in [6, 6.07) is 5.78. The molecule has 0 aliphatic carbocycles. The van der Waals surface area contributed by atoms with Gasteiger partial charge in [0.15, 0.2) is 5.76 Å².